The second kappa shape index (κ2) is 9.86. The number of pyridine rings is 1. The minimum Gasteiger partial charge on any atom is -0.385 e. The Kier molecular flexibility index (Phi) is 6.87. The number of fused-ring (bicyclic) bond motifs is 1. The Morgan fingerprint density at radius 2 is 2.06 bits per heavy atom. The van der Waals surface area contributed by atoms with E-state index in [9.17, 15) is 18.0 Å². The minimum absolute atomic E-state index is 0.131. The van der Waals surface area contributed by atoms with E-state index in [1.807, 2.05) is 4.90 Å². The summed E-state index contributed by atoms with van der Waals surface area (Å²) in [4.78, 5) is 26.7. The van der Waals surface area contributed by atoms with Crippen LogP contribution >= 0.6 is 0 Å². The Hall–Kier alpha value is -3.74. The van der Waals surface area contributed by atoms with Crippen LogP contribution in [-0.4, -0.2) is 57.4 Å². The Morgan fingerprint density at radius 3 is 2.80 bits per heavy atom. The molecule has 1 aliphatic heterocycles. The van der Waals surface area contributed by atoms with Crippen LogP contribution in [0.1, 0.15) is 28.9 Å². The number of hydrogen-bond donors (Lipinski definition) is 2. The third kappa shape index (κ3) is 5.50. The molecule has 0 saturated heterocycles. The summed E-state index contributed by atoms with van der Waals surface area (Å²) in [6, 6.07) is 2.13. The van der Waals surface area contributed by atoms with Gasteiger partial charge in [0.15, 0.2) is 5.82 Å². The van der Waals surface area contributed by atoms with Gasteiger partial charge in [-0.05, 0) is 24.6 Å². The molecule has 1 amide bonds. The van der Waals surface area contributed by atoms with E-state index in [1.54, 1.807) is 38.2 Å². The van der Waals surface area contributed by atoms with Crippen LogP contribution in [0.25, 0.3) is 0 Å². The molecular weight excluding hydrogens is 465 g/mol. The molecule has 2 N–H and O–H groups in total. The van der Waals surface area contributed by atoms with Crippen LogP contribution in [0.5, 0.6) is 0 Å². The summed E-state index contributed by atoms with van der Waals surface area (Å²) in [7, 11) is 3.39. The fraction of sp³-hybridized carbons (Fsp3) is 0.409. The van der Waals surface area contributed by atoms with Crippen molar-refractivity contribution in [2.45, 2.75) is 38.7 Å². The molecule has 0 spiro atoms. The molecule has 35 heavy (non-hydrogen) atoms. The second-order valence-electron chi connectivity index (χ2n) is 8.18. The fourth-order valence-electron chi connectivity index (χ4n) is 3.80. The van der Waals surface area contributed by atoms with Crippen molar-refractivity contribution in [3.05, 3.63) is 53.2 Å². The van der Waals surface area contributed by atoms with E-state index in [-0.39, 0.29) is 12.5 Å². The van der Waals surface area contributed by atoms with Gasteiger partial charge in [-0.15, -0.1) is 0 Å². The number of alkyl halides is 3. The van der Waals surface area contributed by atoms with Crippen molar-refractivity contribution in [1.82, 2.24) is 24.7 Å². The van der Waals surface area contributed by atoms with E-state index in [1.165, 1.54) is 6.07 Å². The Bertz CT molecular complexity index is 1210. The molecule has 186 valence electrons. The lowest BCUT2D eigenvalue weighted by atomic mass is 10.1. The number of methoxy groups -OCH3 is 1. The van der Waals surface area contributed by atoms with E-state index in [0.29, 0.717) is 48.3 Å². The molecule has 0 fully saturated rings. The average Bonchev–Trinajstić information content (AvgIpc) is 3.25. The van der Waals surface area contributed by atoms with Gasteiger partial charge in [-0.2, -0.15) is 23.3 Å². The van der Waals surface area contributed by atoms with Crippen molar-refractivity contribution in [1.29, 1.82) is 0 Å². The van der Waals surface area contributed by atoms with Crippen molar-refractivity contribution in [3.8, 4) is 0 Å². The van der Waals surface area contributed by atoms with Crippen molar-refractivity contribution in [2.75, 3.05) is 36.3 Å². The van der Waals surface area contributed by atoms with Crippen molar-refractivity contribution in [2.24, 2.45) is 0 Å². The molecule has 0 radical (unpaired) electrons. The van der Waals surface area contributed by atoms with Crippen LogP contribution in [0.3, 0.4) is 0 Å². The lowest BCUT2D eigenvalue weighted by molar-refractivity contribution is -0.141. The highest BCUT2D eigenvalue weighted by atomic mass is 19.4. The summed E-state index contributed by atoms with van der Waals surface area (Å²) in [5.41, 5.74) is 1.50. The van der Waals surface area contributed by atoms with Crippen LogP contribution in [-0.2, 0) is 28.8 Å². The molecule has 0 bridgehead atoms. The van der Waals surface area contributed by atoms with E-state index in [2.05, 4.69) is 30.7 Å². The first-order chi connectivity index (χ1) is 16.7. The van der Waals surface area contributed by atoms with Gasteiger partial charge < -0.3 is 20.3 Å². The highest BCUT2D eigenvalue weighted by Gasteiger charge is 2.33. The molecule has 13 heteroatoms. The molecule has 1 aliphatic rings. The molecule has 0 saturated carbocycles. The first-order valence-corrected chi connectivity index (χ1v) is 10.8. The van der Waals surface area contributed by atoms with Gasteiger partial charge in [0.05, 0.1) is 18.4 Å². The third-order valence-electron chi connectivity index (χ3n) is 5.62. The first-order valence-electron chi connectivity index (χ1n) is 10.8. The van der Waals surface area contributed by atoms with Crippen LogP contribution in [0, 0.1) is 6.92 Å². The summed E-state index contributed by atoms with van der Waals surface area (Å²) < 4.78 is 45.3. The first kappa shape index (κ1) is 24.4. The molecule has 0 aromatic carbocycles. The molecule has 4 heterocycles. The number of hydrogen-bond acceptors (Lipinski definition) is 8. The van der Waals surface area contributed by atoms with Crippen LogP contribution in [0.4, 0.5) is 30.6 Å². The standard InChI is InChI=1S/C22H25F3N8O2/c1-13-18-19(32(2)16(5-7-35-3)20(34)30-18)31-21(29-13)27-9-15-10-28-33(12-15)11-14-4-6-26-17(8-14)22(23,24)25/h4,6,8,10,12,16H,5,7,9,11H2,1-3H3,(H,30,34)(H,27,29,31). The van der Waals surface area contributed by atoms with E-state index in [4.69, 9.17) is 4.74 Å². The van der Waals surface area contributed by atoms with E-state index in [0.717, 1.165) is 17.8 Å². The number of nitrogens with one attached hydrogen (secondary N) is 2. The highest BCUT2D eigenvalue weighted by molar-refractivity contribution is 6.03. The minimum atomic E-state index is -4.50. The average molecular weight is 490 g/mol. The highest BCUT2D eigenvalue weighted by Crippen LogP contribution is 2.33. The number of likely N-dealkylation sites (N-methyl/N-ethyl adjacent to an activating group) is 1. The molecule has 3 aromatic heterocycles. The zero-order valence-electron chi connectivity index (χ0n) is 19.4. The van der Waals surface area contributed by atoms with Crippen LogP contribution in [0.2, 0.25) is 0 Å². The predicted octanol–water partition coefficient (Wildman–Crippen LogP) is 2.85. The summed E-state index contributed by atoms with van der Waals surface area (Å²) in [5.74, 6) is 0.856. The predicted molar refractivity (Wildman–Crippen MR) is 122 cm³/mol. The van der Waals surface area contributed by atoms with Crippen LogP contribution in [0.15, 0.2) is 30.7 Å². The smallest absolute Gasteiger partial charge is 0.385 e. The van der Waals surface area contributed by atoms with Crippen molar-refractivity contribution >= 4 is 23.4 Å². The number of nitrogens with zero attached hydrogens (tertiary/aromatic N) is 6. The summed E-state index contributed by atoms with van der Waals surface area (Å²) >= 11 is 0. The van der Waals surface area contributed by atoms with E-state index < -0.39 is 17.9 Å². The summed E-state index contributed by atoms with van der Waals surface area (Å²) in [6.07, 6.45) is 0.517. The molecule has 3 aromatic rings. The van der Waals surface area contributed by atoms with Gasteiger partial charge in [0.1, 0.15) is 17.4 Å². The fourth-order valence-corrected chi connectivity index (χ4v) is 3.80. The Balaban J connectivity index is 1.44. The SMILES string of the molecule is COCCC1C(=O)Nc2c(C)nc(NCc3cnn(Cc4ccnc(C(F)(F)F)c4)c3)nc2N1C. The number of rotatable bonds is 8. The molecular formula is C22H25F3N8O2. The molecule has 10 nitrogen and oxygen atoms in total. The number of carbonyl (C=O) groups excluding carboxylic acids is 1. The maximum Gasteiger partial charge on any atom is 0.433 e. The Morgan fingerprint density at radius 1 is 1.26 bits per heavy atom. The maximum atomic E-state index is 12.9. The van der Waals surface area contributed by atoms with Gasteiger partial charge >= 0.3 is 6.18 Å². The topological polar surface area (TPSA) is 110 Å². The number of halogens is 3. The Labute approximate surface area is 199 Å². The lowest BCUT2D eigenvalue weighted by Crippen LogP contribution is -2.47. The van der Waals surface area contributed by atoms with Gasteiger partial charge in [0, 0.05) is 51.7 Å². The number of aryl methyl sites for hydroxylation is 1. The molecule has 1 unspecified atom stereocenters. The van der Waals surface area contributed by atoms with Crippen molar-refractivity contribution in [3.63, 3.8) is 0 Å². The maximum absolute atomic E-state index is 12.9. The summed E-state index contributed by atoms with van der Waals surface area (Å²) in [6.45, 7) is 2.75. The number of aromatic nitrogens is 5. The lowest BCUT2D eigenvalue weighted by Gasteiger charge is -2.34. The summed E-state index contributed by atoms with van der Waals surface area (Å²) in [5, 5.41) is 10.3. The van der Waals surface area contributed by atoms with Gasteiger partial charge in [-0.1, -0.05) is 0 Å². The van der Waals surface area contributed by atoms with Gasteiger partial charge in [0.25, 0.3) is 0 Å². The zero-order chi connectivity index (χ0) is 25.2. The van der Waals surface area contributed by atoms with Gasteiger partial charge in [-0.3, -0.25) is 14.5 Å². The second-order valence-corrected chi connectivity index (χ2v) is 8.18. The van der Waals surface area contributed by atoms with Gasteiger partial charge in [0.2, 0.25) is 11.9 Å². The number of anilines is 3. The molecule has 0 aliphatic carbocycles. The molecule has 4 rings (SSSR count). The van der Waals surface area contributed by atoms with Gasteiger partial charge in [-0.25, -0.2) is 4.98 Å². The monoisotopic (exact) mass is 490 g/mol. The number of amides is 1. The molecule has 1 atom stereocenters. The normalized spacial score (nSPS) is 15.7. The largest absolute Gasteiger partial charge is 0.433 e. The zero-order valence-corrected chi connectivity index (χ0v) is 19.4. The quantitative estimate of drug-likeness (QED) is 0.496. The van der Waals surface area contributed by atoms with Crippen LogP contribution < -0.4 is 15.5 Å². The number of carbonyl (C=O) groups is 1. The third-order valence-corrected chi connectivity index (χ3v) is 5.62. The van der Waals surface area contributed by atoms with Crippen molar-refractivity contribution < 1.29 is 22.7 Å². The van der Waals surface area contributed by atoms with E-state index >= 15 is 0 Å². The number of ether oxygens (including phenoxy) is 1.